The fourth-order valence-corrected chi connectivity index (χ4v) is 1.77. The van der Waals surface area contributed by atoms with Gasteiger partial charge in [0.1, 0.15) is 11.6 Å². The molecule has 0 fully saturated rings. The minimum absolute atomic E-state index is 0.172. The van der Waals surface area contributed by atoms with Crippen molar-refractivity contribution in [2.24, 2.45) is 0 Å². The van der Waals surface area contributed by atoms with Crippen molar-refractivity contribution in [1.82, 2.24) is 15.2 Å². The molecule has 0 bridgehead atoms. The van der Waals surface area contributed by atoms with Gasteiger partial charge in [0.25, 0.3) is 0 Å². The molecule has 2 rings (SSSR count). The lowest BCUT2D eigenvalue weighted by Gasteiger charge is -1.98. The minimum atomic E-state index is -0.330. The molecule has 0 saturated heterocycles. The molecule has 0 atom stereocenters. The number of hydrogen-bond acceptors (Lipinski definition) is 3. The van der Waals surface area contributed by atoms with Gasteiger partial charge in [-0.25, -0.2) is 9.37 Å². The van der Waals surface area contributed by atoms with E-state index in [0.717, 1.165) is 0 Å². The predicted octanol–water partition coefficient (Wildman–Crippen LogP) is 2.44. The zero-order chi connectivity index (χ0) is 11.5. The average Bonchev–Trinajstić information content (AvgIpc) is 2.67. The Morgan fingerprint density at radius 1 is 1.50 bits per heavy atom. The van der Waals surface area contributed by atoms with E-state index in [2.05, 4.69) is 31.1 Å². The topological polar surface area (TPSA) is 65.4 Å². The van der Waals surface area contributed by atoms with Crippen molar-refractivity contribution in [2.75, 3.05) is 0 Å². The van der Waals surface area contributed by atoms with Crippen LogP contribution in [0.5, 0.6) is 0 Å². The second-order valence-corrected chi connectivity index (χ2v) is 3.92. The third kappa shape index (κ3) is 2.09. The summed E-state index contributed by atoms with van der Waals surface area (Å²) in [6.07, 6.45) is 0.172. The van der Waals surface area contributed by atoms with Gasteiger partial charge in [0, 0.05) is 10.0 Å². The first-order chi connectivity index (χ1) is 7.70. The molecule has 4 nitrogen and oxygen atoms in total. The van der Waals surface area contributed by atoms with Crippen LogP contribution < -0.4 is 0 Å². The Labute approximate surface area is 99.3 Å². The molecule has 0 aliphatic heterocycles. The van der Waals surface area contributed by atoms with Crippen LogP contribution in [0.4, 0.5) is 4.39 Å². The molecule has 0 radical (unpaired) electrons. The first-order valence-corrected chi connectivity index (χ1v) is 5.23. The van der Waals surface area contributed by atoms with E-state index < -0.39 is 0 Å². The summed E-state index contributed by atoms with van der Waals surface area (Å²) in [6, 6.07) is 6.23. The Morgan fingerprint density at radius 3 is 3.00 bits per heavy atom. The molecular weight excluding hydrogens is 275 g/mol. The number of H-pyrrole nitrogens is 1. The van der Waals surface area contributed by atoms with Gasteiger partial charge in [-0.2, -0.15) is 10.4 Å². The van der Waals surface area contributed by atoms with Crippen molar-refractivity contribution >= 4 is 15.9 Å². The van der Waals surface area contributed by atoms with Crippen LogP contribution in [0.1, 0.15) is 5.82 Å². The summed E-state index contributed by atoms with van der Waals surface area (Å²) in [5.41, 5.74) is 0.682. The zero-order valence-electron chi connectivity index (χ0n) is 8.04. The van der Waals surface area contributed by atoms with Crippen LogP contribution in [-0.4, -0.2) is 15.2 Å². The number of nitrogens with one attached hydrogen (secondary N) is 1. The minimum Gasteiger partial charge on any atom is -0.262 e. The Balaban J connectivity index is 2.39. The van der Waals surface area contributed by atoms with Gasteiger partial charge >= 0.3 is 0 Å². The number of rotatable bonds is 2. The van der Waals surface area contributed by atoms with E-state index in [9.17, 15) is 4.39 Å². The number of nitriles is 1. The number of nitrogens with zero attached hydrogens (tertiary/aromatic N) is 3. The third-order valence-electron chi connectivity index (χ3n) is 1.95. The van der Waals surface area contributed by atoms with E-state index in [4.69, 9.17) is 5.26 Å². The van der Waals surface area contributed by atoms with Gasteiger partial charge in [-0.05, 0) is 34.1 Å². The molecule has 1 aromatic carbocycles. The molecule has 0 spiro atoms. The van der Waals surface area contributed by atoms with E-state index in [0.29, 0.717) is 21.7 Å². The number of benzene rings is 1. The van der Waals surface area contributed by atoms with E-state index in [1.165, 1.54) is 12.1 Å². The monoisotopic (exact) mass is 280 g/mol. The highest BCUT2D eigenvalue weighted by molar-refractivity contribution is 9.10. The van der Waals surface area contributed by atoms with Gasteiger partial charge in [-0.3, -0.25) is 5.10 Å². The quantitative estimate of drug-likeness (QED) is 0.919. The van der Waals surface area contributed by atoms with Gasteiger partial charge in [0.15, 0.2) is 5.82 Å². The fourth-order valence-electron chi connectivity index (χ4n) is 1.24. The van der Waals surface area contributed by atoms with Crippen LogP contribution in [0.2, 0.25) is 0 Å². The Hall–Kier alpha value is -1.74. The number of aromatic amines is 1. The van der Waals surface area contributed by atoms with Gasteiger partial charge in [-0.15, -0.1) is 0 Å². The third-order valence-corrected chi connectivity index (χ3v) is 2.61. The molecule has 0 aliphatic rings. The van der Waals surface area contributed by atoms with E-state index in [1.54, 1.807) is 6.07 Å². The summed E-state index contributed by atoms with van der Waals surface area (Å²) in [4.78, 5) is 4.12. The van der Waals surface area contributed by atoms with Crippen molar-refractivity contribution in [3.63, 3.8) is 0 Å². The van der Waals surface area contributed by atoms with Crippen LogP contribution in [0.3, 0.4) is 0 Å². The maximum absolute atomic E-state index is 12.9. The summed E-state index contributed by atoms with van der Waals surface area (Å²) < 4.78 is 13.4. The van der Waals surface area contributed by atoms with Gasteiger partial charge in [0.05, 0.1) is 12.5 Å². The lowest BCUT2D eigenvalue weighted by Crippen LogP contribution is -1.85. The highest BCUT2D eigenvalue weighted by Gasteiger charge is 2.09. The molecule has 6 heteroatoms. The van der Waals surface area contributed by atoms with Crippen molar-refractivity contribution in [2.45, 2.75) is 6.42 Å². The zero-order valence-corrected chi connectivity index (χ0v) is 9.62. The molecule has 0 aliphatic carbocycles. The predicted molar refractivity (Wildman–Crippen MR) is 58.8 cm³/mol. The maximum atomic E-state index is 12.9. The lowest BCUT2D eigenvalue weighted by atomic mass is 10.2. The summed E-state index contributed by atoms with van der Waals surface area (Å²) in [5, 5.41) is 15.1. The molecule has 2 aromatic rings. The van der Waals surface area contributed by atoms with Crippen molar-refractivity contribution < 1.29 is 4.39 Å². The van der Waals surface area contributed by atoms with Crippen LogP contribution in [0, 0.1) is 17.1 Å². The molecule has 0 amide bonds. The number of halogens is 2. The van der Waals surface area contributed by atoms with Crippen molar-refractivity contribution in [3.05, 3.63) is 34.3 Å². The van der Waals surface area contributed by atoms with Crippen LogP contribution >= 0.6 is 15.9 Å². The Bertz CT molecular complexity index is 558. The normalized spacial score (nSPS) is 10.1. The van der Waals surface area contributed by atoms with Crippen LogP contribution in [-0.2, 0) is 6.42 Å². The molecule has 1 aromatic heterocycles. The van der Waals surface area contributed by atoms with Crippen molar-refractivity contribution in [3.8, 4) is 17.5 Å². The number of aromatic nitrogens is 3. The smallest absolute Gasteiger partial charge is 0.182 e. The highest BCUT2D eigenvalue weighted by Crippen LogP contribution is 2.26. The highest BCUT2D eigenvalue weighted by atomic mass is 79.9. The van der Waals surface area contributed by atoms with Crippen LogP contribution in [0.15, 0.2) is 22.7 Å². The molecule has 0 unspecified atom stereocenters. The largest absolute Gasteiger partial charge is 0.262 e. The van der Waals surface area contributed by atoms with Gasteiger partial charge < -0.3 is 0 Å². The standard InChI is InChI=1S/C10H6BrFN4/c11-8-5-6(12)1-2-7(8)10-14-9(3-4-13)15-16-10/h1-2,5H,3H2,(H,14,15,16). The van der Waals surface area contributed by atoms with E-state index >= 15 is 0 Å². The SMILES string of the molecule is N#CCc1nc(-c2ccc(F)cc2Br)n[nH]1. The Morgan fingerprint density at radius 2 is 2.31 bits per heavy atom. The van der Waals surface area contributed by atoms with Gasteiger partial charge in [-0.1, -0.05) is 0 Å². The lowest BCUT2D eigenvalue weighted by molar-refractivity contribution is 0.627. The Kier molecular flexibility index (Phi) is 2.97. The molecular formula is C10H6BrFN4. The summed E-state index contributed by atoms with van der Waals surface area (Å²) in [5.74, 6) is 0.606. The fraction of sp³-hybridized carbons (Fsp3) is 0.100. The second kappa shape index (κ2) is 4.41. The molecule has 80 valence electrons. The summed E-state index contributed by atoms with van der Waals surface area (Å²) >= 11 is 3.23. The second-order valence-electron chi connectivity index (χ2n) is 3.06. The van der Waals surface area contributed by atoms with Gasteiger partial charge in [0.2, 0.25) is 0 Å². The maximum Gasteiger partial charge on any atom is 0.182 e. The van der Waals surface area contributed by atoms with Crippen molar-refractivity contribution in [1.29, 1.82) is 5.26 Å². The van der Waals surface area contributed by atoms with E-state index in [-0.39, 0.29) is 12.2 Å². The van der Waals surface area contributed by atoms with E-state index in [1.807, 2.05) is 6.07 Å². The first kappa shape index (κ1) is 10.8. The van der Waals surface area contributed by atoms with Crippen LogP contribution in [0.25, 0.3) is 11.4 Å². The molecule has 0 saturated carbocycles. The number of hydrogen-bond donors (Lipinski definition) is 1. The average molecular weight is 281 g/mol. The summed E-state index contributed by atoms with van der Waals surface area (Å²) in [6.45, 7) is 0. The molecule has 1 N–H and O–H groups in total. The molecule has 16 heavy (non-hydrogen) atoms. The first-order valence-electron chi connectivity index (χ1n) is 4.44. The molecule has 1 heterocycles. The summed E-state index contributed by atoms with van der Waals surface area (Å²) in [7, 11) is 0.